The highest BCUT2D eigenvalue weighted by molar-refractivity contribution is 5.85. The number of rotatable bonds is 5. The predicted molar refractivity (Wildman–Crippen MR) is 79.9 cm³/mol. The monoisotopic (exact) mass is 302 g/mol. The number of carbonyl (C=O) groups is 1. The van der Waals surface area contributed by atoms with E-state index < -0.39 is 11.0 Å². The largest absolute Gasteiger partial charge is 0.496 e. The molecule has 0 spiro atoms. The molecule has 0 radical (unpaired) electrons. The minimum Gasteiger partial charge on any atom is -0.496 e. The number of non-ortho nitro benzene ring substituents is 1. The summed E-state index contributed by atoms with van der Waals surface area (Å²) in [6, 6.07) is 13.1. The number of anilines is 1. The Balaban J connectivity index is 2.01. The van der Waals surface area contributed by atoms with Crippen molar-refractivity contribution in [2.24, 2.45) is 0 Å². The third kappa shape index (κ3) is 4.20. The normalized spacial score (nSPS) is 9.86. The van der Waals surface area contributed by atoms with E-state index in [4.69, 9.17) is 9.47 Å². The van der Waals surface area contributed by atoms with Crippen LogP contribution in [0.25, 0.3) is 0 Å². The number of benzene rings is 2. The van der Waals surface area contributed by atoms with Crippen LogP contribution >= 0.6 is 0 Å². The Morgan fingerprint density at radius 2 is 1.95 bits per heavy atom. The molecule has 7 heteroatoms. The molecule has 0 aliphatic rings. The second-order valence-corrected chi connectivity index (χ2v) is 4.36. The Bertz CT molecular complexity index is 673. The molecule has 0 fully saturated rings. The van der Waals surface area contributed by atoms with E-state index in [0.717, 1.165) is 5.56 Å². The second kappa shape index (κ2) is 7.07. The zero-order valence-electron chi connectivity index (χ0n) is 11.8. The molecule has 1 amide bonds. The molecule has 2 aromatic rings. The summed E-state index contributed by atoms with van der Waals surface area (Å²) >= 11 is 0. The smallest absolute Gasteiger partial charge is 0.411 e. The van der Waals surface area contributed by atoms with E-state index in [2.05, 4.69) is 5.32 Å². The van der Waals surface area contributed by atoms with Crippen molar-refractivity contribution in [2.75, 3.05) is 12.4 Å². The maximum Gasteiger partial charge on any atom is 0.411 e. The van der Waals surface area contributed by atoms with E-state index in [9.17, 15) is 14.9 Å². The predicted octanol–water partition coefficient (Wildman–Crippen LogP) is 3.35. The molecule has 0 atom stereocenters. The first-order chi connectivity index (χ1) is 10.6. The SMILES string of the molecule is COc1cc(NC(=O)OCc2ccccc2)cc([N+](=O)[O-])c1. The molecule has 0 saturated heterocycles. The lowest BCUT2D eigenvalue weighted by atomic mass is 10.2. The third-order valence-corrected chi connectivity index (χ3v) is 2.80. The van der Waals surface area contributed by atoms with E-state index in [-0.39, 0.29) is 23.7 Å². The average Bonchev–Trinajstić information content (AvgIpc) is 2.53. The van der Waals surface area contributed by atoms with Crippen LogP contribution in [0.4, 0.5) is 16.2 Å². The molecule has 0 unspecified atom stereocenters. The number of carbonyl (C=O) groups excluding carboxylic acids is 1. The lowest BCUT2D eigenvalue weighted by Crippen LogP contribution is -2.13. The molecule has 22 heavy (non-hydrogen) atoms. The highest BCUT2D eigenvalue weighted by Gasteiger charge is 2.12. The van der Waals surface area contributed by atoms with Crippen LogP contribution in [-0.4, -0.2) is 18.1 Å². The zero-order valence-corrected chi connectivity index (χ0v) is 11.8. The van der Waals surface area contributed by atoms with Gasteiger partial charge in [0.05, 0.1) is 23.8 Å². The van der Waals surface area contributed by atoms with E-state index >= 15 is 0 Å². The number of hydrogen-bond donors (Lipinski definition) is 1. The number of nitro groups is 1. The molecule has 1 N–H and O–H groups in total. The topological polar surface area (TPSA) is 90.7 Å². The van der Waals surface area contributed by atoms with Crippen LogP contribution in [0, 0.1) is 10.1 Å². The first-order valence-electron chi connectivity index (χ1n) is 6.39. The molecule has 0 aliphatic carbocycles. The van der Waals surface area contributed by atoms with Crippen molar-refractivity contribution in [3.63, 3.8) is 0 Å². The third-order valence-electron chi connectivity index (χ3n) is 2.80. The van der Waals surface area contributed by atoms with Crippen LogP contribution in [-0.2, 0) is 11.3 Å². The van der Waals surface area contributed by atoms with Crippen molar-refractivity contribution in [2.45, 2.75) is 6.61 Å². The van der Waals surface area contributed by atoms with Crippen molar-refractivity contribution in [3.05, 3.63) is 64.2 Å². The first-order valence-corrected chi connectivity index (χ1v) is 6.39. The van der Waals surface area contributed by atoms with Gasteiger partial charge in [-0.2, -0.15) is 0 Å². The summed E-state index contributed by atoms with van der Waals surface area (Å²) in [7, 11) is 1.39. The minimum absolute atomic E-state index is 0.110. The van der Waals surface area contributed by atoms with Gasteiger partial charge in [-0.15, -0.1) is 0 Å². The summed E-state index contributed by atoms with van der Waals surface area (Å²) in [5, 5.41) is 13.3. The van der Waals surface area contributed by atoms with Gasteiger partial charge in [0.25, 0.3) is 5.69 Å². The van der Waals surface area contributed by atoms with Gasteiger partial charge in [-0.25, -0.2) is 4.79 Å². The quantitative estimate of drug-likeness (QED) is 0.675. The summed E-state index contributed by atoms with van der Waals surface area (Å²) in [5.74, 6) is 0.271. The van der Waals surface area contributed by atoms with Gasteiger partial charge < -0.3 is 9.47 Å². The van der Waals surface area contributed by atoms with Crippen molar-refractivity contribution in [3.8, 4) is 5.75 Å². The maximum absolute atomic E-state index is 11.7. The number of nitrogens with zero attached hydrogens (tertiary/aromatic N) is 1. The van der Waals surface area contributed by atoms with Crippen molar-refractivity contribution in [1.29, 1.82) is 0 Å². The highest BCUT2D eigenvalue weighted by atomic mass is 16.6. The van der Waals surface area contributed by atoms with E-state index in [1.807, 2.05) is 30.3 Å². The maximum atomic E-state index is 11.7. The average molecular weight is 302 g/mol. The molecule has 2 rings (SSSR count). The van der Waals surface area contributed by atoms with Gasteiger partial charge in [0.15, 0.2) is 0 Å². The molecule has 114 valence electrons. The fraction of sp³-hybridized carbons (Fsp3) is 0.133. The molecule has 0 saturated carbocycles. The van der Waals surface area contributed by atoms with Crippen LogP contribution in [0.2, 0.25) is 0 Å². The molecular weight excluding hydrogens is 288 g/mol. The highest BCUT2D eigenvalue weighted by Crippen LogP contribution is 2.25. The van der Waals surface area contributed by atoms with E-state index in [1.165, 1.54) is 25.3 Å². The molecule has 2 aromatic carbocycles. The summed E-state index contributed by atoms with van der Waals surface area (Å²) in [5.41, 5.74) is 0.885. The minimum atomic E-state index is -0.702. The van der Waals surface area contributed by atoms with Crippen molar-refractivity contribution < 1.29 is 19.2 Å². The molecule has 0 aliphatic heterocycles. The van der Waals surface area contributed by atoms with Gasteiger partial charge in [-0.05, 0) is 5.56 Å². The molecule has 0 aromatic heterocycles. The number of methoxy groups -OCH3 is 1. The van der Waals surface area contributed by atoms with Gasteiger partial charge in [0, 0.05) is 12.1 Å². The number of nitro benzene ring substituents is 1. The molecule has 0 bridgehead atoms. The van der Waals surface area contributed by atoms with Crippen LogP contribution in [0.1, 0.15) is 5.56 Å². The zero-order chi connectivity index (χ0) is 15.9. The lowest BCUT2D eigenvalue weighted by molar-refractivity contribution is -0.384. The standard InChI is InChI=1S/C15H14N2O5/c1-21-14-8-12(7-13(9-14)17(19)20)16-15(18)22-10-11-5-3-2-4-6-11/h2-9H,10H2,1H3,(H,16,18). The number of amides is 1. The van der Waals surface area contributed by atoms with Gasteiger partial charge in [-0.1, -0.05) is 30.3 Å². The van der Waals surface area contributed by atoms with Gasteiger partial charge >= 0.3 is 6.09 Å². The fourth-order valence-electron chi connectivity index (χ4n) is 1.76. The van der Waals surface area contributed by atoms with Crippen LogP contribution in [0.15, 0.2) is 48.5 Å². The van der Waals surface area contributed by atoms with Crippen molar-refractivity contribution in [1.82, 2.24) is 0 Å². The Hall–Kier alpha value is -3.09. The number of hydrogen-bond acceptors (Lipinski definition) is 5. The van der Waals surface area contributed by atoms with E-state index in [1.54, 1.807) is 0 Å². The summed E-state index contributed by atoms with van der Waals surface area (Å²) in [6.45, 7) is 0.110. The van der Waals surface area contributed by atoms with Crippen LogP contribution in [0.3, 0.4) is 0 Å². The molecule has 7 nitrogen and oxygen atoms in total. The lowest BCUT2D eigenvalue weighted by Gasteiger charge is -2.08. The number of ether oxygens (including phenoxy) is 2. The summed E-state index contributed by atoms with van der Waals surface area (Å²) < 4.78 is 10.0. The second-order valence-electron chi connectivity index (χ2n) is 4.36. The van der Waals surface area contributed by atoms with E-state index in [0.29, 0.717) is 0 Å². The Morgan fingerprint density at radius 3 is 2.59 bits per heavy atom. The molecule has 0 heterocycles. The first kappa shape index (κ1) is 15.3. The Kier molecular flexibility index (Phi) is 4.92. The van der Waals surface area contributed by atoms with Crippen LogP contribution in [0.5, 0.6) is 5.75 Å². The summed E-state index contributed by atoms with van der Waals surface area (Å²) in [6.07, 6.45) is -0.702. The van der Waals surface area contributed by atoms with Gasteiger partial charge in [0.1, 0.15) is 12.4 Å². The molecular formula is C15H14N2O5. The summed E-state index contributed by atoms with van der Waals surface area (Å²) in [4.78, 5) is 22.0. The number of nitrogens with one attached hydrogen (secondary N) is 1. The fourth-order valence-corrected chi connectivity index (χ4v) is 1.76. The van der Waals surface area contributed by atoms with Gasteiger partial charge in [0.2, 0.25) is 0 Å². The Morgan fingerprint density at radius 1 is 1.23 bits per heavy atom. The van der Waals surface area contributed by atoms with Crippen molar-refractivity contribution >= 4 is 17.5 Å². The van der Waals surface area contributed by atoms with Crippen LogP contribution < -0.4 is 10.1 Å². The van der Waals surface area contributed by atoms with Gasteiger partial charge in [-0.3, -0.25) is 15.4 Å². The Labute approximate surface area is 126 Å².